The summed E-state index contributed by atoms with van der Waals surface area (Å²) in [5, 5.41) is 2.72. The van der Waals surface area contributed by atoms with Crippen molar-refractivity contribution in [3.63, 3.8) is 0 Å². The van der Waals surface area contributed by atoms with Gasteiger partial charge in [-0.2, -0.15) is 0 Å². The number of rotatable bonds is 2. The molecule has 70 valence electrons. The molecule has 1 aromatic carbocycles. The van der Waals surface area contributed by atoms with E-state index in [2.05, 4.69) is 5.32 Å². The standard InChI is InChI=1S/C10H14N2O/c1-7-3-4-9(8(2)5-7)12-10(13)6-11/h3-5H,6,11H2,1-2H3,(H,12,13). The average Bonchev–Trinajstić information content (AvgIpc) is 2.09. The van der Waals surface area contributed by atoms with Crippen molar-refractivity contribution >= 4 is 11.6 Å². The monoisotopic (exact) mass is 178 g/mol. The molecule has 0 heterocycles. The first kappa shape index (κ1) is 9.74. The number of carbonyl (C=O) groups excluding carboxylic acids is 1. The van der Waals surface area contributed by atoms with E-state index >= 15 is 0 Å². The predicted molar refractivity (Wildman–Crippen MR) is 53.6 cm³/mol. The first-order chi connectivity index (χ1) is 6.13. The number of hydrogen-bond donors (Lipinski definition) is 2. The molecule has 0 spiro atoms. The lowest BCUT2D eigenvalue weighted by atomic mass is 10.1. The molecular formula is C10H14N2O. The van der Waals surface area contributed by atoms with E-state index in [4.69, 9.17) is 5.73 Å². The summed E-state index contributed by atoms with van der Waals surface area (Å²) in [4.78, 5) is 11.0. The van der Waals surface area contributed by atoms with Crippen molar-refractivity contribution in [1.82, 2.24) is 0 Å². The first-order valence-corrected chi connectivity index (χ1v) is 4.20. The van der Waals surface area contributed by atoms with Gasteiger partial charge in [0.2, 0.25) is 5.91 Å². The van der Waals surface area contributed by atoms with Crippen LogP contribution < -0.4 is 11.1 Å². The van der Waals surface area contributed by atoms with E-state index < -0.39 is 0 Å². The van der Waals surface area contributed by atoms with Crippen LogP contribution in [-0.2, 0) is 4.79 Å². The van der Waals surface area contributed by atoms with Crippen molar-refractivity contribution in [1.29, 1.82) is 0 Å². The van der Waals surface area contributed by atoms with Crippen LogP contribution in [0.15, 0.2) is 18.2 Å². The Balaban J connectivity index is 2.83. The quantitative estimate of drug-likeness (QED) is 0.715. The molecule has 13 heavy (non-hydrogen) atoms. The number of benzene rings is 1. The second-order valence-corrected chi connectivity index (χ2v) is 3.07. The molecule has 1 amide bonds. The van der Waals surface area contributed by atoms with E-state index in [1.165, 1.54) is 5.56 Å². The lowest BCUT2D eigenvalue weighted by molar-refractivity contribution is -0.114. The first-order valence-electron chi connectivity index (χ1n) is 4.20. The molecule has 3 N–H and O–H groups in total. The summed E-state index contributed by atoms with van der Waals surface area (Å²) < 4.78 is 0. The van der Waals surface area contributed by atoms with Crippen molar-refractivity contribution in [3.8, 4) is 0 Å². The molecular weight excluding hydrogens is 164 g/mol. The van der Waals surface area contributed by atoms with Gasteiger partial charge in [-0.25, -0.2) is 0 Å². The minimum absolute atomic E-state index is 0.0211. The second-order valence-electron chi connectivity index (χ2n) is 3.07. The molecule has 0 aliphatic carbocycles. The SMILES string of the molecule is Cc1ccc(NC(=O)CN)c(C)c1. The second kappa shape index (κ2) is 4.05. The number of aryl methyl sites for hydroxylation is 2. The Morgan fingerprint density at radius 3 is 2.69 bits per heavy atom. The van der Waals surface area contributed by atoms with Crippen LogP contribution in [0.5, 0.6) is 0 Å². The molecule has 0 aliphatic rings. The summed E-state index contributed by atoms with van der Waals surface area (Å²) in [7, 11) is 0. The molecule has 0 unspecified atom stereocenters. The Kier molecular flexibility index (Phi) is 3.03. The van der Waals surface area contributed by atoms with E-state index in [0.29, 0.717) is 0 Å². The van der Waals surface area contributed by atoms with Gasteiger partial charge in [0.1, 0.15) is 0 Å². The van der Waals surface area contributed by atoms with Crippen LogP contribution in [0.25, 0.3) is 0 Å². The molecule has 3 heteroatoms. The topological polar surface area (TPSA) is 55.1 Å². The number of amides is 1. The van der Waals surface area contributed by atoms with Gasteiger partial charge in [-0.3, -0.25) is 4.79 Å². The van der Waals surface area contributed by atoms with E-state index in [-0.39, 0.29) is 12.5 Å². The van der Waals surface area contributed by atoms with E-state index in [9.17, 15) is 4.79 Å². The number of nitrogens with one attached hydrogen (secondary N) is 1. The molecule has 1 aromatic rings. The third-order valence-corrected chi connectivity index (χ3v) is 1.84. The van der Waals surface area contributed by atoms with Gasteiger partial charge in [0.05, 0.1) is 6.54 Å². The maximum atomic E-state index is 11.0. The third kappa shape index (κ3) is 2.56. The molecule has 3 nitrogen and oxygen atoms in total. The molecule has 0 radical (unpaired) electrons. The summed E-state index contributed by atoms with van der Waals surface area (Å²) in [5.74, 6) is -0.160. The molecule has 0 fully saturated rings. The lowest BCUT2D eigenvalue weighted by Crippen LogP contribution is -2.22. The van der Waals surface area contributed by atoms with Gasteiger partial charge in [-0.15, -0.1) is 0 Å². The Morgan fingerprint density at radius 1 is 1.46 bits per heavy atom. The van der Waals surface area contributed by atoms with Crippen LogP contribution in [0, 0.1) is 13.8 Å². The van der Waals surface area contributed by atoms with Crippen molar-refractivity contribution < 1.29 is 4.79 Å². The van der Waals surface area contributed by atoms with Crippen molar-refractivity contribution in [2.24, 2.45) is 5.73 Å². The van der Waals surface area contributed by atoms with Gasteiger partial charge in [0.15, 0.2) is 0 Å². The number of anilines is 1. The van der Waals surface area contributed by atoms with E-state index in [0.717, 1.165) is 11.3 Å². The number of carbonyl (C=O) groups is 1. The highest BCUT2D eigenvalue weighted by Gasteiger charge is 2.01. The fourth-order valence-corrected chi connectivity index (χ4v) is 1.16. The number of hydrogen-bond acceptors (Lipinski definition) is 2. The molecule has 0 saturated carbocycles. The van der Waals surface area contributed by atoms with Crippen LogP contribution in [0.1, 0.15) is 11.1 Å². The summed E-state index contributed by atoms with van der Waals surface area (Å²) in [6.07, 6.45) is 0. The highest BCUT2D eigenvalue weighted by atomic mass is 16.1. The van der Waals surface area contributed by atoms with Gasteiger partial charge in [0.25, 0.3) is 0 Å². The lowest BCUT2D eigenvalue weighted by Gasteiger charge is -2.07. The van der Waals surface area contributed by atoms with E-state index in [1.54, 1.807) is 0 Å². The smallest absolute Gasteiger partial charge is 0.238 e. The van der Waals surface area contributed by atoms with Crippen LogP contribution in [0.4, 0.5) is 5.69 Å². The Hall–Kier alpha value is -1.35. The fraction of sp³-hybridized carbons (Fsp3) is 0.300. The highest BCUT2D eigenvalue weighted by molar-refractivity contribution is 5.92. The molecule has 0 bridgehead atoms. The van der Waals surface area contributed by atoms with Crippen LogP contribution in [0.2, 0.25) is 0 Å². The maximum Gasteiger partial charge on any atom is 0.238 e. The Labute approximate surface area is 77.9 Å². The van der Waals surface area contributed by atoms with Crippen molar-refractivity contribution in [3.05, 3.63) is 29.3 Å². The third-order valence-electron chi connectivity index (χ3n) is 1.84. The molecule has 0 aromatic heterocycles. The molecule has 1 rings (SSSR count). The maximum absolute atomic E-state index is 11.0. The van der Waals surface area contributed by atoms with Crippen LogP contribution in [-0.4, -0.2) is 12.5 Å². The minimum Gasteiger partial charge on any atom is -0.325 e. The largest absolute Gasteiger partial charge is 0.325 e. The van der Waals surface area contributed by atoms with Gasteiger partial charge < -0.3 is 11.1 Å². The average molecular weight is 178 g/mol. The number of nitrogens with two attached hydrogens (primary N) is 1. The van der Waals surface area contributed by atoms with E-state index in [1.807, 2.05) is 32.0 Å². The molecule has 0 saturated heterocycles. The fourth-order valence-electron chi connectivity index (χ4n) is 1.16. The summed E-state index contributed by atoms with van der Waals surface area (Å²) in [5.41, 5.74) is 8.26. The van der Waals surface area contributed by atoms with Gasteiger partial charge >= 0.3 is 0 Å². The summed E-state index contributed by atoms with van der Waals surface area (Å²) >= 11 is 0. The van der Waals surface area contributed by atoms with Crippen molar-refractivity contribution in [2.45, 2.75) is 13.8 Å². The summed E-state index contributed by atoms with van der Waals surface area (Å²) in [6.45, 7) is 3.99. The minimum atomic E-state index is -0.160. The zero-order valence-electron chi connectivity index (χ0n) is 7.92. The zero-order chi connectivity index (χ0) is 9.84. The highest BCUT2D eigenvalue weighted by Crippen LogP contribution is 2.15. The summed E-state index contributed by atoms with van der Waals surface area (Å²) in [6, 6.07) is 5.86. The Bertz CT molecular complexity index is 321. The van der Waals surface area contributed by atoms with Crippen molar-refractivity contribution in [2.75, 3.05) is 11.9 Å². The Morgan fingerprint density at radius 2 is 2.15 bits per heavy atom. The van der Waals surface area contributed by atoms with Gasteiger partial charge in [-0.1, -0.05) is 17.7 Å². The molecule has 0 aliphatic heterocycles. The van der Waals surface area contributed by atoms with Crippen LogP contribution in [0.3, 0.4) is 0 Å². The van der Waals surface area contributed by atoms with Crippen LogP contribution >= 0.6 is 0 Å². The molecule has 0 atom stereocenters. The normalized spacial score (nSPS) is 9.77. The zero-order valence-corrected chi connectivity index (χ0v) is 7.92. The van der Waals surface area contributed by atoms with Gasteiger partial charge in [0, 0.05) is 5.69 Å². The van der Waals surface area contributed by atoms with Gasteiger partial charge in [-0.05, 0) is 25.5 Å². The predicted octanol–water partition coefficient (Wildman–Crippen LogP) is 1.20.